The Morgan fingerprint density at radius 1 is 0.341 bits per heavy atom. The van der Waals surface area contributed by atoms with Gasteiger partial charge >= 0.3 is 0 Å². The summed E-state index contributed by atoms with van der Waals surface area (Å²) in [7, 11) is 0. The van der Waals surface area contributed by atoms with Crippen LogP contribution in [0.15, 0.2) is 285 Å². The number of nitrogens with one attached hydrogen (secondary N) is 12. The normalized spacial score (nSPS) is 12.8. The summed E-state index contributed by atoms with van der Waals surface area (Å²) in [4.78, 5) is 75.0. The lowest BCUT2D eigenvalue weighted by molar-refractivity contribution is -0.120. The van der Waals surface area contributed by atoms with Gasteiger partial charge in [0.1, 0.15) is 22.8 Å². The molecule has 13 heterocycles. The summed E-state index contributed by atoms with van der Waals surface area (Å²) in [5.74, 6) is 3.41. The van der Waals surface area contributed by atoms with Crippen LogP contribution in [-0.4, -0.2) is 119 Å². The molecule has 26 nitrogen and oxygen atoms in total. The zero-order chi connectivity index (χ0) is 86.5. The number of H-pyrrole nitrogens is 8. The van der Waals surface area contributed by atoms with E-state index in [0.29, 0.717) is 5.69 Å². The summed E-state index contributed by atoms with van der Waals surface area (Å²) in [5, 5.41) is 51.7. The molecule has 13 aromatic heterocycles. The molecule has 0 atom stereocenters. The van der Waals surface area contributed by atoms with Gasteiger partial charge in [0.05, 0.1) is 90.0 Å². The van der Waals surface area contributed by atoms with Gasteiger partial charge in [-0.25, -0.2) is 19.9 Å². The Hall–Kier alpha value is -16.1. The van der Waals surface area contributed by atoms with E-state index in [-0.39, 0.29) is 23.7 Å². The molecule has 2 amide bonds. The van der Waals surface area contributed by atoms with Crippen LogP contribution in [0.3, 0.4) is 0 Å². The van der Waals surface area contributed by atoms with Crippen molar-refractivity contribution in [2.24, 2.45) is 11.8 Å². The van der Waals surface area contributed by atoms with Gasteiger partial charge in [-0.2, -0.15) is 31.7 Å². The molecule has 632 valence electrons. The quantitative estimate of drug-likeness (QED) is 0.0337. The van der Waals surface area contributed by atoms with E-state index in [1.807, 2.05) is 146 Å². The number of carbonyl (C=O) groups excluding carboxylic acids is 2. The van der Waals surface area contributed by atoms with Crippen molar-refractivity contribution < 1.29 is 9.59 Å². The fraction of sp³-hybridized carbons (Fsp3) is 0.137. The maximum atomic E-state index is 12.7. The molecule has 27 heteroatoms. The molecule has 12 N–H and O–H groups in total. The maximum Gasteiger partial charge on any atom is 0.227 e. The van der Waals surface area contributed by atoms with Crippen molar-refractivity contribution in [2.75, 3.05) is 17.2 Å². The van der Waals surface area contributed by atoms with Crippen molar-refractivity contribution in [1.29, 1.82) is 0 Å². The number of amides is 2. The molecule has 129 heavy (non-hydrogen) atoms. The number of para-hydroxylation sites is 7. The first kappa shape index (κ1) is 80.0. The highest BCUT2D eigenvalue weighted by atomic mass is 32.1. The second-order valence-corrected chi connectivity index (χ2v) is 33.3. The number of aromatic amines is 8. The van der Waals surface area contributed by atoms with Crippen molar-refractivity contribution in [3.8, 4) is 102 Å². The van der Waals surface area contributed by atoms with Crippen LogP contribution < -0.4 is 21.3 Å². The Bertz CT molecular complexity index is 7720. The number of benzene rings is 9. The van der Waals surface area contributed by atoms with Crippen LogP contribution in [0.1, 0.15) is 68.6 Å². The second-order valence-electron chi connectivity index (χ2n) is 32.5. The first-order chi connectivity index (χ1) is 63.6. The van der Waals surface area contributed by atoms with Gasteiger partial charge in [-0.3, -0.25) is 49.9 Å². The number of hydrogen-bond donors (Lipinski definition) is 12. The lowest BCUT2D eigenvalue weighted by atomic mass is 9.88. The van der Waals surface area contributed by atoms with E-state index in [1.54, 1.807) is 29.9 Å². The highest BCUT2D eigenvalue weighted by Gasteiger charge is 2.30. The van der Waals surface area contributed by atoms with Crippen LogP contribution in [0.25, 0.3) is 189 Å². The summed E-state index contributed by atoms with van der Waals surface area (Å²) < 4.78 is 0. The van der Waals surface area contributed by atoms with Crippen molar-refractivity contribution in [3.05, 3.63) is 301 Å². The van der Waals surface area contributed by atoms with Crippen LogP contribution in [-0.2, 0) is 29.2 Å². The Labute approximate surface area is 742 Å². The van der Waals surface area contributed by atoms with Crippen molar-refractivity contribution in [2.45, 2.75) is 71.5 Å². The predicted octanol–water partition coefficient (Wildman–Crippen LogP) is 21.7. The lowest BCUT2D eigenvalue weighted by Crippen LogP contribution is -2.24. The van der Waals surface area contributed by atoms with E-state index in [1.165, 1.54) is 23.1 Å². The zero-order valence-electron chi connectivity index (χ0n) is 70.2. The molecule has 0 aliphatic heterocycles. The average molecular weight is 1710 g/mol. The van der Waals surface area contributed by atoms with Gasteiger partial charge in [0.15, 0.2) is 23.3 Å². The molecule has 0 saturated heterocycles. The third-order valence-corrected chi connectivity index (χ3v) is 24.3. The van der Waals surface area contributed by atoms with E-state index in [0.717, 1.165) is 260 Å². The van der Waals surface area contributed by atoms with E-state index >= 15 is 0 Å². The van der Waals surface area contributed by atoms with Crippen molar-refractivity contribution >= 4 is 122 Å². The predicted molar refractivity (Wildman–Crippen MR) is 512 cm³/mol. The van der Waals surface area contributed by atoms with E-state index in [4.69, 9.17) is 15.0 Å². The highest BCUT2D eigenvalue weighted by Crippen LogP contribution is 2.39. The Kier molecular flexibility index (Phi) is 22.3. The van der Waals surface area contributed by atoms with E-state index in [2.05, 4.69) is 234 Å². The van der Waals surface area contributed by atoms with Crippen LogP contribution >= 0.6 is 11.3 Å². The molecule has 2 aliphatic carbocycles. The smallest absolute Gasteiger partial charge is 0.227 e. The number of rotatable bonds is 20. The summed E-state index contributed by atoms with van der Waals surface area (Å²) in [5.41, 5.74) is 30.2. The highest BCUT2D eigenvalue weighted by molar-refractivity contribution is 7.08. The number of pyridine rings is 4. The lowest BCUT2D eigenvalue weighted by Gasteiger charge is -2.20. The van der Waals surface area contributed by atoms with Gasteiger partial charge in [-0.1, -0.05) is 129 Å². The first-order valence-corrected chi connectivity index (χ1v) is 44.2. The van der Waals surface area contributed by atoms with Gasteiger partial charge in [0.25, 0.3) is 0 Å². The minimum Gasteiger partial charge on any atom is -0.337 e. The molecule has 0 unspecified atom stereocenters. The maximum absolute atomic E-state index is 12.7. The summed E-state index contributed by atoms with van der Waals surface area (Å²) in [6.45, 7) is 5.43. The molecule has 0 radical (unpaired) electrons. The Morgan fingerprint density at radius 3 is 1.17 bits per heavy atom. The molecule has 2 fully saturated rings. The number of nitrogens with zero attached hydrogens (tertiary/aromatic N) is 12. The van der Waals surface area contributed by atoms with Crippen LogP contribution in [0, 0.1) is 11.8 Å². The zero-order valence-corrected chi connectivity index (χ0v) is 71.0. The topological polar surface area (TPSA) is 363 Å². The second kappa shape index (κ2) is 35.9. The van der Waals surface area contributed by atoms with Gasteiger partial charge in [-0.05, 0) is 209 Å². The molecule has 0 spiro atoms. The number of aromatic nitrogens is 20. The molecule has 22 aromatic rings. The minimum atomic E-state index is 0.0754. The largest absolute Gasteiger partial charge is 0.337 e. The number of fused-ring (bicyclic) bond motifs is 8. The van der Waals surface area contributed by atoms with Gasteiger partial charge in [0.2, 0.25) is 11.8 Å². The molecule has 24 rings (SSSR count). The summed E-state index contributed by atoms with van der Waals surface area (Å²) in [6.07, 6.45) is 22.0. The summed E-state index contributed by atoms with van der Waals surface area (Å²) >= 11 is 1.69. The van der Waals surface area contributed by atoms with Crippen molar-refractivity contribution in [3.63, 3.8) is 0 Å². The van der Waals surface area contributed by atoms with Crippen LogP contribution in [0.5, 0.6) is 0 Å². The number of thiophene rings is 1. The van der Waals surface area contributed by atoms with Crippen LogP contribution in [0.4, 0.5) is 11.4 Å². The molecule has 2 aliphatic rings. The first-order valence-electron chi connectivity index (χ1n) is 43.3. The molecular weight excluding hydrogens is 1630 g/mol. The van der Waals surface area contributed by atoms with E-state index < -0.39 is 0 Å². The van der Waals surface area contributed by atoms with Gasteiger partial charge in [-0.15, -0.1) is 0 Å². The fourth-order valence-corrected chi connectivity index (χ4v) is 17.4. The number of anilines is 2. The molecular formula is C102H86N24O2S. The average Bonchev–Trinajstić information content (AvgIpc) is 1.63. The molecule has 0 bridgehead atoms. The van der Waals surface area contributed by atoms with Crippen molar-refractivity contribution in [1.82, 2.24) is 111 Å². The van der Waals surface area contributed by atoms with Crippen LogP contribution in [0.2, 0.25) is 0 Å². The third kappa shape index (κ3) is 17.4. The molecule has 2 saturated carbocycles. The standard InChI is InChI=1S/C27H22N6.C26H24N6O.C26H22N6S.C23H18N6O/c1-2-6-18(7-3-1)14-28-15-19-12-21(17-29-16-19)20-10-11-23-22(13-20)26(33-32-23)27-30-24-8-4-5-9-25(24)31-27;33-26(16-6-2-1-3-7-16)28-19-12-18(14-27-15-19)17-10-11-21-20(13-17)24(32-31-21)25-29-22-8-4-5-9-23(22)30-25;1-2-27-12-16-10-19(14-28-13-16)17-6-7-22-21(11-17)25(32-31-22)26-29-23-5-3-4-20(24(23)30-26)18-8-9-33-15-18;30-23(13-5-6-13)25-16-9-15(11-24-12-16)14-7-8-18-17(10-14)21(29-28-18)22-26-19-3-1-2-4-20(19)27-22/h1-13,16-17,28H,14-15H2,(H,30,31)(H,32,33);4-5,8-16H,1-3,6-7H2,(H,28,33)(H,29,30)(H,31,32);3-11,13-15,27H,2,12H2,1H3,(H,29,30)(H,31,32);1-4,7-13H,5-6H2,(H,25,30)(H,26,27)(H,28,29). The summed E-state index contributed by atoms with van der Waals surface area (Å²) in [6, 6.07) is 75.8. The monoisotopic (exact) mass is 1710 g/mol. The fourth-order valence-electron chi connectivity index (χ4n) is 16.7. The number of carbonyl (C=O) groups is 2. The third-order valence-electron chi connectivity index (χ3n) is 23.6. The van der Waals surface area contributed by atoms with Gasteiger partial charge < -0.3 is 41.2 Å². The Balaban J connectivity index is 0.000000104. The SMILES string of the molecule is CCNCc1cncc(-c2ccc3[nH]nc(-c4nc5c(-c6ccsc6)cccc5[nH]4)c3c2)c1.O=C(Nc1cncc(-c2ccc3[nH]nc(-c4nc5ccccc5[nH]4)c3c2)c1)C1CC1.O=C(Nc1cncc(-c2ccc3[nH]nc(-c4nc5ccccc5[nH]4)c3c2)c1)C1CCCCC1.c1ccc(CNCc2cncc(-c3ccc4[nH]nc(-c5nc6ccccc6[nH]5)c4c3)c2)cc1. The molecule has 9 aromatic carbocycles. The minimum absolute atomic E-state index is 0.0754. The Morgan fingerprint density at radius 2 is 0.736 bits per heavy atom. The van der Waals surface area contributed by atoms with Gasteiger partial charge in [0, 0.05) is 118 Å². The number of imidazole rings is 4. The number of hydrogen-bond acceptors (Lipinski definition) is 17. The van der Waals surface area contributed by atoms with E-state index in [9.17, 15) is 9.59 Å².